The summed E-state index contributed by atoms with van der Waals surface area (Å²) < 4.78 is 1.69. The highest BCUT2D eigenvalue weighted by molar-refractivity contribution is 6.36. The summed E-state index contributed by atoms with van der Waals surface area (Å²) in [6, 6.07) is 23.1. The number of hydrogen-bond donors (Lipinski definition) is 1. The van der Waals surface area contributed by atoms with E-state index in [1.54, 1.807) is 47.3 Å². The molecule has 0 saturated heterocycles. The molecule has 1 aliphatic heterocycles. The minimum atomic E-state index is -0.836. The van der Waals surface area contributed by atoms with Crippen LogP contribution in [0.1, 0.15) is 36.3 Å². The van der Waals surface area contributed by atoms with Gasteiger partial charge in [0.25, 0.3) is 5.69 Å². The second-order valence-electron chi connectivity index (χ2n) is 10.3. The summed E-state index contributed by atoms with van der Waals surface area (Å²) in [6.45, 7) is 0.244. The molecule has 0 spiro atoms. The van der Waals surface area contributed by atoms with Gasteiger partial charge in [0.05, 0.1) is 34.7 Å². The van der Waals surface area contributed by atoms with E-state index >= 15 is 0 Å². The van der Waals surface area contributed by atoms with Crippen molar-refractivity contribution in [3.8, 4) is 17.3 Å². The third-order valence-electron chi connectivity index (χ3n) is 7.76. The molecule has 9 nitrogen and oxygen atoms in total. The largest absolute Gasteiger partial charge is 0.384 e. The molecule has 6 rings (SSSR count). The fourth-order valence-corrected chi connectivity index (χ4v) is 6.39. The first-order valence-corrected chi connectivity index (χ1v) is 14.3. The molecule has 3 aromatic carbocycles. The number of anilines is 1. The van der Waals surface area contributed by atoms with Crippen LogP contribution in [0.2, 0.25) is 10.0 Å². The smallest absolute Gasteiger partial charge is 0.293 e. The molecule has 0 fully saturated rings. The van der Waals surface area contributed by atoms with Crippen LogP contribution in [-0.2, 0) is 11.3 Å². The molecule has 0 amide bonds. The van der Waals surface area contributed by atoms with Crippen molar-refractivity contribution in [3.63, 3.8) is 0 Å². The Morgan fingerprint density at radius 2 is 1.72 bits per heavy atom. The van der Waals surface area contributed by atoms with Gasteiger partial charge in [0.15, 0.2) is 5.78 Å². The molecule has 4 aromatic rings. The van der Waals surface area contributed by atoms with Crippen LogP contribution in [0.3, 0.4) is 0 Å². The van der Waals surface area contributed by atoms with Gasteiger partial charge in [0.1, 0.15) is 11.5 Å². The van der Waals surface area contributed by atoms with Crippen LogP contribution in [0, 0.1) is 21.4 Å². The number of rotatable bonds is 6. The van der Waals surface area contributed by atoms with E-state index in [9.17, 15) is 20.2 Å². The molecule has 2 heterocycles. The van der Waals surface area contributed by atoms with Crippen molar-refractivity contribution < 1.29 is 9.72 Å². The van der Waals surface area contributed by atoms with E-state index in [-0.39, 0.29) is 41.5 Å². The predicted octanol–water partition coefficient (Wildman–Crippen LogP) is 7.12. The first-order valence-electron chi connectivity index (χ1n) is 13.5. The van der Waals surface area contributed by atoms with Crippen LogP contribution >= 0.6 is 23.2 Å². The van der Waals surface area contributed by atoms with Crippen molar-refractivity contribution in [2.45, 2.75) is 31.7 Å². The maximum atomic E-state index is 13.8. The Hall–Kier alpha value is -4.91. The van der Waals surface area contributed by atoms with Gasteiger partial charge >= 0.3 is 0 Å². The number of ketones is 1. The van der Waals surface area contributed by atoms with Crippen LogP contribution in [0.5, 0.6) is 0 Å². The molecule has 214 valence electrons. The standard InChI is InChI=1S/C32H24Cl2N6O3/c33-23-10-6-11-24(34)21(23)17-38-18-22(31(37-38)19-8-2-1-3-9-19)29-20(16-35)32(36)39(27-14-7-15-28(41)30(27)29)25-12-4-5-13-26(25)40(42)43/h1-6,8-13,18,29H,7,14-15,17,36H2. The Morgan fingerprint density at radius 3 is 2.42 bits per heavy atom. The number of hydrogen-bond acceptors (Lipinski definition) is 7. The predicted molar refractivity (Wildman–Crippen MR) is 164 cm³/mol. The number of nitriles is 1. The number of Topliss-reactive ketones (excluding diaryl/α,β-unsaturated/α-hetero) is 1. The topological polar surface area (TPSA) is 131 Å². The maximum Gasteiger partial charge on any atom is 0.293 e. The fourth-order valence-electron chi connectivity index (χ4n) is 5.88. The van der Waals surface area contributed by atoms with Gasteiger partial charge in [-0.15, -0.1) is 0 Å². The van der Waals surface area contributed by atoms with E-state index in [2.05, 4.69) is 6.07 Å². The number of aromatic nitrogens is 2. The Labute approximate surface area is 257 Å². The number of allylic oxidation sites excluding steroid dienone is 3. The number of nitro groups is 1. The number of benzene rings is 3. The van der Waals surface area contributed by atoms with Gasteiger partial charge < -0.3 is 5.73 Å². The molecule has 11 heteroatoms. The monoisotopic (exact) mass is 610 g/mol. The number of carbonyl (C=O) groups is 1. The summed E-state index contributed by atoms with van der Waals surface area (Å²) in [4.78, 5) is 26.7. The second kappa shape index (κ2) is 11.4. The lowest BCUT2D eigenvalue weighted by atomic mass is 9.75. The fraction of sp³-hybridized carbons (Fsp3) is 0.156. The van der Waals surface area contributed by atoms with E-state index in [1.165, 1.54) is 11.0 Å². The van der Waals surface area contributed by atoms with Crippen molar-refractivity contribution in [1.29, 1.82) is 5.26 Å². The number of nitrogens with two attached hydrogens (primary N) is 1. The quantitative estimate of drug-likeness (QED) is 0.181. The summed E-state index contributed by atoms with van der Waals surface area (Å²) in [5, 5.41) is 28.4. The molecule has 0 bridgehead atoms. The van der Waals surface area contributed by atoms with E-state index in [0.717, 1.165) is 5.56 Å². The summed E-state index contributed by atoms with van der Waals surface area (Å²) in [5.74, 6) is -0.940. The molecule has 0 saturated carbocycles. The third kappa shape index (κ3) is 4.95. The van der Waals surface area contributed by atoms with Crippen molar-refractivity contribution in [1.82, 2.24) is 9.78 Å². The molecule has 43 heavy (non-hydrogen) atoms. The first kappa shape index (κ1) is 28.2. The lowest BCUT2D eigenvalue weighted by molar-refractivity contribution is -0.384. The highest BCUT2D eigenvalue weighted by atomic mass is 35.5. The summed E-state index contributed by atoms with van der Waals surface area (Å²) in [6.07, 6.45) is 3.08. The van der Waals surface area contributed by atoms with Crippen molar-refractivity contribution in [2.75, 3.05) is 4.90 Å². The molecular formula is C32H24Cl2N6O3. The van der Waals surface area contributed by atoms with Crippen LogP contribution in [0.15, 0.2) is 102 Å². The van der Waals surface area contributed by atoms with Gasteiger partial charge in [-0.1, -0.05) is 71.7 Å². The molecule has 0 radical (unpaired) electrons. The Morgan fingerprint density at radius 1 is 1.02 bits per heavy atom. The maximum absolute atomic E-state index is 13.8. The zero-order valence-corrected chi connectivity index (χ0v) is 24.2. The van der Waals surface area contributed by atoms with E-state index < -0.39 is 10.8 Å². The number of halogens is 2. The van der Waals surface area contributed by atoms with Crippen LogP contribution in [-0.4, -0.2) is 20.5 Å². The molecule has 1 aromatic heterocycles. The average Bonchev–Trinajstić information content (AvgIpc) is 3.42. The number of para-hydroxylation sites is 2. The van der Waals surface area contributed by atoms with Crippen LogP contribution < -0.4 is 10.6 Å². The Bertz CT molecular complexity index is 1870. The average molecular weight is 611 g/mol. The van der Waals surface area contributed by atoms with Crippen molar-refractivity contribution in [3.05, 3.63) is 133 Å². The number of carbonyl (C=O) groups excluding carboxylic acids is 1. The van der Waals surface area contributed by atoms with E-state index in [1.807, 2.05) is 30.3 Å². The van der Waals surface area contributed by atoms with Gasteiger partial charge in [-0.25, -0.2) is 0 Å². The molecule has 2 N–H and O–H groups in total. The lowest BCUT2D eigenvalue weighted by Gasteiger charge is -2.39. The van der Waals surface area contributed by atoms with E-state index in [4.69, 9.17) is 34.0 Å². The molecule has 1 unspecified atom stereocenters. The van der Waals surface area contributed by atoms with Crippen LogP contribution in [0.25, 0.3) is 11.3 Å². The zero-order valence-electron chi connectivity index (χ0n) is 22.7. The van der Waals surface area contributed by atoms with Gasteiger partial charge in [-0.05, 0) is 31.0 Å². The summed E-state index contributed by atoms with van der Waals surface area (Å²) in [7, 11) is 0. The molecule has 1 aliphatic carbocycles. The zero-order chi connectivity index (χ0) is 30.2. The molecule has 2 aliphatic rings. The third-order valence-corrected chi connectivity index (χ3v) is 8.47. The van der Waals surface area contributed by atoms with Crippen molar-refractivity contribution in [2.24, 2.45) is 5.73 Å². The summed E-state index contributed by atoms with van der Waals surface area (Å²) in [5.41, 5.74) is 10.4. The highest BCUT2D eigenvalue weighted by Crippen LogP contribution is 2.49. The SMILES string of the molecule is N#CC1=C(N)N(c2ccccc2[N+](=O)[O-])C2=C(C(=O)CCC2)C1c1cn(Cc2c(Cl)cccc2Cl)nc1-c1ccccc1. The minimum Gasteiger partial charge on any atom is -0.384 e. The van der Waals surface area contributed by atoms with Gasteiger partial charge in [-0.2, -0.15) is 10.4 Å². The molecule has 1 atom stereocenters. The Kier molecular flexibility index (Phi) is 7.48. The Balaban J connectivity index is 1.59. The van der Waals surface area contributed by atoms with Gasteiger partial charge in [0, 0.05) is 56.7 Å². The van der Waals surface area contributed by atoms with Gasteiger partial charge in [-0.3, -0.25) is 24.5 Å². The van der Waals surface area contributed by atoms with Crippen molar-refractivity contribution >= 4 is 40.4 Å². The summed E-state index contributed by atoms with van der Waals surface area (Å²) >= 11 is 13.0. The normalized spacial score (nSPS) is 16.7. The minimum absolute atomic E-state index is 0.0381. The van der Waals surface area contributed by atoms with Crippen LogP contribution in [0.4, 0.5) is 11.4 Å². The second-order valence-corrected chi connectivity index (χ2v) is 11.1. The lowest BCUT2D eigenvalue weighted by Crippen LogP contribution is -2.39. The highest BCUT2D eigenvalue weighted by Gasteiger charge is 2.43. The van der Waals surface area contributed by atoms with Gasteiger partial charge in [0.2, 0.25) is 0 Å². The number of nitrogens with zero attached hydrogens (tertiary/aromatic N) is 5. The number of nitro benzene ring substituents is 1. The van der Waals surface area contributed by atoms with E-state index in [0.29, 0.717) is 51.0 Å². The molecular weight excluding hydrogens is 587 g/mol. The first-order chi connectivity index (χ1) is 20.8.